The number of fused-ring (bicyclic) bond motifs is 1. The Balaban J connectivity index is 2.03. The van der Waals surface area contributed by atoms with Gasteiger partial charge in [0.1, 0.15) is 22.8 Å². The standard InChI is InChI=1S/C25H28O8/c1-7-8-17-10-16-11-21(27)25(4,23(32-15(3)26)19(16)13-31-17)33-24(28)22-14(2)9-18(29-5)12-20(22)30-6/h7-12,19,23H,13H2,1-6H3/t19-,23+,25+/m1/s1. The zero-order valence-electron chi connectivity index (χ0n) is 19.6. The molecule has 2 aliphatic rings. The number of hydrogen-bond acceptors (Lipinski definition) is 8. The van der Waals surface area contributed by atoms with Crippen molar-refractivity contribution in [2.45, 2.75) is 39.4 Å². The summed E-state index contributed by atoms with van der Waals surface area (Å²) in [6.07, 6.45) is 5.66. The second-order valence-electron chi connectivity index (χ2n) is 8.02. The van der Waals surface area contributed by atoms with Gasteiger partial charge in [-0.1, -0.05) is 6.08 Å². The fraction of sp³-hybridized carbons (Fsp3) is 0.400. The Morgan fingerprint density at radius 3 is 2.52 bits per heavy atom. The SMILES string of the molecule is CC=CC1=CC2=CC(=O)[C@](C)(OC(=O)c3c(C)cc(OC)cc3OC)[C@@H](OC(C)=O)[C@@H]2CO1. The van der Waals surface area contributed by atoms with Crippen LogP contribution < -0.4 is 9.47 Å². The second-order valence-corrected chi connectivity index (χ2v) is 8.02. The lowest BCUT2D eigenvalue weighted by molar-refractivity contribution is -0.175. The first kappa shape index (κ1) is 24.1. The van der Waals surface area contributed by atoms with E-state index in [1.54, 1.807) is 31.2 Å². The highest BCUT2D eigenvalue weighted by atomic mass is 16.6. The normalized spacial score (nSPS) is 24.2. The molecule has 33 heavy (non-hydrogen) atoms. The molecule has 0 amide bonds. The summed E-state index contributed by atoms with van der Waals surface area (Å²) in [6, 6.07) is 3.22. The van der Waals surface area contributed by atoms with Gasteiger partial charge in [-0.05, 0) is 56.2 Å². The van der Waals surface area contributed by atoms with Crippen LogP contribution in [0.1, 0.15) is 36.7 Å². The molecule has 0 spiro atoms. The number of ketones is 1. The lowest BCUT2D eigenvalue weighted by Gasteiger charge is -2.43. The number of benzene rings is 1. The van der Waals surface area contributed by atoms with E-state index in [2.05, 4.69) is 0 Å². The minimum absolute atomic E-state index is 0.152. The van der Waals surface area contributed by atoms with Gasteiger partial charge in [-0.3, -0.25) is 9.59 Å². The van der Waals surface area contributed by atoms with E-state index >= 15 is 0 Å². The van der Waals surface area contributed by atoms with Gasteiger partial charge >= 0.3 is 11.9 Å². The summed E-state index contributed by atoms with van der Waals surface area (Å²) < 4.78 is 27.7. The summed E-state index contributed by atoms with van der Waals surface area (Å²) in [4.78, 5) is 38.5. The summed E-state index contributed by atoms with van der Waals surface area (Å²) in [5.41, 5.74) is -0.414. The van der Waals surface area contributed by atoms with E-state index in [4.69, 9.17) is 23.7 Å². The molecule has 1 aromatic carbocycles. The molecule has 1 heterocycles. The number of carbonyl (C=O) groups excluding carboxylic acids is 3. The van der Waals surface area contributed by atoms with Crippen LogP contribution in [-0.2, 0) is 23.8 Å². The highest BCUT2D eigenvalue weighted by molar-refractivity contribution is 6.03. The fourth-order valence-electron chi connectivity index (χ4n) is 4.07. The highest BCUT2D eigenvalue weighted by Crippen LogP contribution is 2.40. The molecule has 8 heteroatoms. The molecule has 0 saturated heterocycles. The Morgan fingerprint density at radius 2 is 1.91 bits per heavy atom. The largest absolute Gasteiger partial charge is 0.497 e. The summed E-state index contributed by atoms with van der Waals surface area (Å²) in [5.74, 6) is -1.02. The van der Waals surface area contributed by atoms with E-state index < -0.39 is 35.3 Å². The van der Waals surface area contributed by atoms with Crippen molar-refractivity contribution in [2.24, 2.45) is 5.92 Å². The average molecular weight is 456 g/mol. The van der Waals surface area contributed by atoms with Crippen molar-refractivity contribution >= 4 is 17.7 Å². The van der Waals surface area contributed by atoms with Crippen molar-refractivity contribution < 1.29 is 38.1 Å². The number of rotatable bonds is 6. The maximum absolute atomic E-state index is 13.3. The van der Waals surface area contributed by atoms with E-state index in [1.807, 2.05) is 13.0 Å². The summed E-state index contributed by atoms with van der Waals surface area (Å²) >= 11 is 0. The van der Waals surface area contributed by atoms with Crippen LogP contribution in [0.2, 0.25) is 0 Å². The number of esters is 2. The summed E-state index contributed by atoms with van der Waals surface area (Å²) in [5, 5.41) is 0. The first-order valence-corrected chi connectivity index (χ1v) is 10.5. The maximum atomic E-state index is 13.3. The topological polar surface area (TPSA) is 97.4 Å². The maximum Gasteiger partial charge on any atom is 0.343 e. The molecule has 1 aliphatic carbocycles. The van der Waals surface area contributed by atoms with Gasteiger partial charge in [0, 0.05) is 13.0 Å². The number of ether oxygens (including phenoxy) is 5. The van der Waals surface area contributed by atoms with Gasteiger partial charge in [0.15, 0.2) is 6.10 Å². The van der Waals surface area contributed by atoms with Crippen molar-refractivity contribution in [1.82, 2.24) is 0 Å². The van der Waals surface area contributed by atoms with E-state index in [0.29, 0.717) is 22.6 Å². The molecule has 0 fully saturated rings. The molecule has 1 aromatic rings. The zero-order chi connectivity index (χ0) is 24.3. The monoisotopic (exact) mass is 456 g/mol. The van der Waals surface area contributed by atoms with E-state index in [-0.39, 0.29) is 17.9 Å². The van der Waals surface area contributed by atoms with Gasteiger partial charge in [-0.2, -0.15) is 0 Å². The average Bonchev–Trinajstić information content (AvgIpc) is 2.76. The van der Waals surface area contributed by atoms with Crippen LogP contribution in [-0.4, -0.2) is 50.3 Å². The molecule has 3 atom stereocenters. The quantitative estimate of drug-likeness (QED) is 0.600. The lowest BCUT2D eigenvalue weighted by Crippen LogP contribution is -2.58. The summed E-state index contributed by atoms with van der Waals surface area (Å²) in [6.45, 7) is 6.41. The Labute approximate surface area is 192 Å². The van der Waals surface area contributed by atoms with Crippen molar-refractivity contribution in [2.75, 3.05) is 20.8 Å². The first-order valence-electron chi connectivity index (χ1n) is 10.5. The van der Waals surface area contributed by atoms with Gasteiger partial charge < -0.3 is 23.7 Å². The Kier molecular flexibility index (Phi) is 6.95. The molecule has 176 valence electrons. The minimum Gasteiger partial charge on any atom is -0.497 e. The molecule has 0 saturated carbocycles. The second kappa shape index (κ2) is 9.52. The van der Waals surface area contributed by atoms with E-state index in [1.165, 1.54) is 34.1 Å². The van der Waals surface area contributed by atoms with Crippen LogP contribution in [0, 0.1) is 12.8 Å². The highest BCUT2D eigenvalue weighted by Gasteiger charge is 2.54. The van der Waals surface area contributed by atoms with E-state index in [9.17, 15) is 14.4 Å². The molecule has 0 radical (unpaired) electrons. The van der Waals surface area contributed by atoms with Crippen LogP contribution >= 0.6 is 0 Å². The fourth-order valence-corrected chi connectivity index (χ4v) is 4.07. The Bertz CT molecular complexity index is 1060. The number of carbonyl (C=O) groups is 3. The third-order valence-corrected chi connectivity index (χ3v) is 5.72. The van der Waals surface area contributed by atoms with Crippen LogP contribution in [0.5, 0.6) is 11.5 Å². The predicted octanol–water partition coefficient (Wildman–Crippen LogP) is 3.47. The molecule has 3 rings (SSSR count). The number of hydrogen-bond donors (Lipinski definition) is 0. The summed E-state index contributed by atoms with van der Waals surface area (Å²) in [7, 11) is 2.92. The molecule has 0 N–H and O–H groups in total. The molecule has 0 unspecified atom stereocenters. The van der Waals surface area contributed by atoms with Crippen molar-refractivity contribution in [1.29, 1.82) is 0 Å². The smallest absolute Gasteiger partial charge is 0.343 e. The molecule has 0 aromatic heterocycles. The Morgan fingerprint density at radius 1 is 1.18 bits per heavy atom. The van der Waals surface area contributed by atoms with Crippen molar-refractivity contribution in [3.05, 3.63) is 58.9 Å². The molecule has 8 nitrogen and oxygen atoms in total. The molecular weight excluding hydrogens is 428 g/mol. The minimum atomic E-state index is -1.76. The van der Waals surface area contributed by atoms with Crippen LogP contribution in [0.3, 0.4) is 0 Å². The van der Waals surface area contributed by atoms with Gasteiger partial charge in [0.05, 0.1) is 26.7 Å². The van der Waals surface area contributed by atoms with Crippen LogP contribution in [0.15, 0.2) is 47.8 Å². The number of methoxy groups -OCH3 is 2. The van der Waals surface area contributed by atoms with Gasteiger partial charge in [0.25, 0.3) is 0 Å². The van der Waals surface area contributed by atoms with Crippen molar-refractivity contribution in [3.8, 4) is 11.5 Å². The van der Waals surface area contributed by atoms with Crippen molar-refractivity contribution in [3.63, 3.8) is 0 Å². The molecule has 0 bridgehead atoms. The van der Waals surface area contributed by atoms with E-state index in [0.717, 1.165) is 0 Å². The van der Waals surface area contributed by atoms with Gasteiger partial charge in [-0.25, -0.2) is 4.79 Å². The lowest BCUT2D eigenvalue weighted by atomic mass is 9.74. The third-order valence-electron chi connectivity index (χ3n) is 5.72. The van der Waals surface area contributed by atoms with Gasteiger partial charge in [-0.15, -0.1) is 0 Å². The van der Waals surface area contributed by atoms with Crippen LogP contribution in [0.25, 0.3) is 0 Å². The van der Waals surface area contributed by atoms with Crippen LogP contribution in [0.4, 0.5) is 0 Å². The number of aryl methyl sites for hydroxylation is 1. The zero-order valence-corrected chi connectivity index (χ0v) is 19.6. The predicted molar refractivity (Wildman–Crippen MR) is 119 cm³/mol. The molecular formula is C25H28O8. The Hall–Kier alpha value is -3.55. The van der Waals surface area contributed by atoms with Gasteiger partial charge in [0.2, 0.25) is 11.4 Å². The number of allylic oxidation sites excluding steroid dienone is 3. The third kappa shape index (κ3) is 4.65. The molecule has 1 aliphatic heterocycles. The first-order chi connectivity index (χ1) is 15.6.